The lowest BCUT2D eigenvalue weighted by atomic mass is 10.1. The zero-order chi connectivity index (χ0) is 8.97. The summed E-state index contributed by atoms with van der Waals surface area (Å²) in [6.07, 6.45) is 0.937. The Morgan fingerprint density at radius 1 is 1.58 bits per heavy atom. The van der Waals surface area contributed by atoms with E-state index in [2.05, 4.69) is 24.3 Å². The highest BCUT2D eigenvalue weighted by atomic mass is 16.5. The number of likely N-dealkylation sites (N-methyl/N-ethyl adjacent to an activating group) is 1. The molecule has 1 N–H and O–H groups in total. The number of nitrogens with one attached hydrogen (secondary N) is 1. The van der Waals surface area contributed by atoms with Crippen LogP contribution in [0.4, 0.5) is 0 Å². The van der Waals surface area contributed by atoms with E-state index in [4.69, 9.17) is 4.52 Å². The molecule has 0 atom stereocenters. The van der Waals surface area contributed by atoms with E-state index in [-0.39, 0.29) is 0 Å². The molecule has 0 aromatic carbocycles. The first-order chi connectivity index (χ1) is 5.74. The number of hydrogen-bond donors (Lipinski definition) is 1. The van der Waals surface area contributed by atoms with E-state index in [9.17, 15) is 0 Å². The predicted octanol–water partition coefficient (Wildman–Crippen LogP) is 1.56. The van der Waals surface area contributed by atoms with Gasteiger partial charge in [-0.2, -0.15) is 0 Å². The number of nitrogens with zero attached hydrogens (tertiary/aromatic N) is 1. The van der Waals surface area contributed by atoms with E-state index in [0.29, 0.717) is 5.92 Å². The van der Waals surface area contributed by atoms with Crippen LogP contribution in [0.25, 0.3) is 0 Å². The summed E-state index contributed by atoms with van der Waals surface area (Å²) in [5, 5.41) is 7.03. The zero-order valence-corrected chi connectivity index (χ0v) is 7.92. The zero-order valence-electron chi connectivity index (χ0n) is 7.92. The molecule has 0 spiro atoms. The number of rotatable bonds is 4. The summed E-state index contributed by atoms with van der Waals surface area (Å²) in [5.74, 6) is 1.40. The molecule has 12 heavy (non-hydrogen) atoms. The third-order valence-electron chi connectivity index (χ3n) is 1.78. The van der Waals surface area contributed by atoms with Crippen LogP contribution in [0.3, 0.4) is 0 Å². The van der Waals surface area contributed by atoms with E-state index in [1.54, 1.807) is 0 Å². The first-order valence-corrected chi connectivity index (χ1v) is 4.34. The van der Waals surface area contributed by atoms with Crippen LogP contribution in [0.15, 0.2) is 10.6 Å². The van der Waals surface area contributed by atoms with E-state index < -0.39 is 0 Å². The average Bonchev–Trinajstić information content (AvgIpc) is 2.48. The Hall–Kier alpha value is -0.830. The molecule has 0 amide bonds. The fourth-order valence-corrected chi connectivity index (χ4v) is 0.971. The molecule has 3 nitrogen and oxygen atoms in total. The lowest BCUT2D eigenvalue weighted by molar-refractivity contribution is 0.365. The second kappa shape index (κ2) is 4.26. The van der Waals surface area contributed by atoms with Crippen LogP contribution in [-0.2, 0) is 6.42 Å². The lowest BCUT2D eigenvalue weighted by Gasteiger charge is -1.94. The standard InChI is InChI=1S/C9H16N2O/c1-7(2)9-6-8(11-12-9)4-5-10-3/h6-7,10H,4-5H2,1-3H3. The van der Waals surface area contributed by atoms with Gasteiger partial charge in [0.15, 0.2) is 0 Å². The van der Waals surface area contributed by atoms with Gasteiger partial charge in [-0.25, -0.2) is 0 Å². The predicted molar refractivity (Wildman–Crippen MR) is 48.2 cm³/mol. The largest absolute Gasteiger partial charge is 0.361 e. The van der Waals surface area contributed by atoms with Crippen LogP contribution < -0.4 is 5.32 Å². The summed E-state index contributed by atoms with van der Waals surface area (Å²) >= 11 is 0. The van der Waals surface area contributed by atoms with Gasteiger partial charge in [0.25, 0.3) is 0 Å². The van der Waals surface area contributed by atoms with Crippen LogP contribution in [0.2, 0.25) is 0 Å². The van der Waals surface area contributed by atoms with Gasteiger partial charge < -0.3 is 9.84 Å². The molecule has 3 heteroatoms. The Balaban J connectivity index is 2.52. The minimum atomic E-state index is 0.431. The molecule has 0 radical (unpaired) electrons. The maximum Gasteiger partial charge on any atom is 0.139 e. The third kappa shape index (κ3) is 2.34. The minimum Gasteiger partial charge on any atom is -0.361 e. The van der Waals surface area contributed by atoms with Crippen LogP contribution >= 0.6 is 0 Å². The van der Waals surface area contributed by atoms with Crippen LogP contribution in [0.5, 0.6) is 0 Å². The van der Waals surface area contributed by atoms with Crippen LogP contribution in [0, 0.1) is 0 Å². The monoisotopic (exact) mass is 168 g/mol. The molecule has 0 saturated carbocycles. The molecule has 0 unspecified atom stereocenters. The lowest BCUT2D eigenvalue weighted by Crippen LogP contribution is -2.10. The van der Waals surface area contributed by atoms with Gasteiger partial charge >= 0.3 is 0 Å². The van der Waals surface area contributed by atoms with Crippen molar-refractivity contribution < 1.29 is 4.52 Å². The van der Waals surface area contributed by atoms with Gasteiger partial charge in [0.05, 0.1) is 5.69 Å². The van der Waals surface area contributed by atoms with Crippen molar-refractivity contribution in [3.8, 4) is 0 Å². The van der Waals surface area contributed by atoms with Crippen molar-refractivity contribution in [1.29, 1.82) is 0 Å². The average molecular weight is 168 g/mol. The Labute approximate surface area is 73.1 Å². The Morgan fingerprint density at radius 3 is 2.83 bits per heavy atom. The summed E-state index contributed by atoms with van der Waals surface area (Å²) in [7, 11) is 1.93. The van der Waals surface area contributed by atoms with Crippen molar-refractivity contribution in [3.63, 3.8) is 0 Å². The number of aromatic nitrogens is 1. The molecule has 0 bridgehead atoms. The molecular formula is C9H16N2O. The van der Waals surface area contributed by atoms with Gasteiger partial charge in [0, 0.05) is 24.9 Å². The smallest absolute Gasteiger partial charge is 0.139 e. The maximum absolute atomic E-state index is 5.15. The normalized spacial score (nSPS) is 11.0. The molecule has 0 fully saturated rings. The van der Waals surface area contributed by atoms with Gasteiger partial charge in [0.1, 0.15) is 5.76 Å². The molecule has 1 rings (SSSR count). The second-order valence-electron chi connectivity index (χ2n) is 3.23. The van der Waals surface area contributed by atoms with Gasteiger partial charge in [0.2, 0.25) is 0 Å². The molecule has 0 aliphatic heterocycles. The van der Waals surface area contributed by atoms with E-state index in [1.165, 1.54) is 0 Å². The van der Waals surface area contributed by atoms with Gasteiger partial charge in [-0.1, -0.05) is 19.0 Å². The highest BCUT2D eigenvalue weighted by molar-refractivity contribution is 5.08. The van der Waals surface area contributed by atoms with Crippen LogP contribution in [0.1, 0.15) is 31.2 Å². The van der Waals surface area contributed by atoms with Crippen molar-refractivity contribution >= 4 is 0 Å². The summed E-state index contributed by atoms with van der Waals surface area (Å²) in [5.41, 5.74) is 1.04. The Bertz CT molecular complexity index is 230. The topological polar surface area (TPSA) is 38.1 Å². The van der Waals surface area contributed by atoms with E-state index in [1.807, 2.05) is 13.1 Å². The summed E-state index contributed by atoms with van der Waals surface area (Å²) in [6.45, 7) is 5.15. The molecule has 0 aliphatic carbocycles. The van der Waals surface area contributed by atoms with Crippen molar-refractivity contribution in [3.05, 3.63) is 17.5 Å². The molecule has 1 aromatic heterocycles. The highest BCUT2D eigenvalue weighted by Gasteiger charge is 2.06. The maximum atomic E-state index is 5.15. The number of hydrogen-bond acceptors (Lipinski definition) is 3. The molecule has 1 aromatic rings. The van der Waals surface area contributed by atoms with Gasteiger partial charge in [-0.15, -0.1) is 0 Å². The summed E-state index contributed by atoms with van der Waals surface area (Å²) in [6, 6.07) is 2.03. The van der Waals surface area contributed by atoms with Crippen LogP contribution in [-0.4, -0.2) is 18.7 Å². The third-order valence-corrected chi connectivity index (χ3v) is 1.78. The molecular weight excluding hydrogens is 152 g/mol. The van der Waals surface area contributed by atoms with Gasteiger partial charge in [-0.3, -0.25) is 0 Å². The first-order valence-electron chi connectivity index (χ1n) is 4.34. The highest BCUT2D eigenvalue weighted by Crippen LogP contribution is 2.14. The fraction of sp³-hybridized carbons (Fsp3) is 0.667. The summed E-state index contributed by atoms with van der Waals surface area (Å²) in [4.78, 5) is 0. The molecule has 0 saturated heterocycles. The molecule has 0 aliphatic rings. The van der Waals surface area contributed by atoms with Crippen molar-refractivity contribution in [1.82, 2.24) is 10.5 Å². The molecule has 68 valence electrons. The fourth-order valence-electron chi connectivity index (χ4n) is 0.971. The Kier molecular flexibility index (Phi) is 3.29. The van der Waals surface area contributed by atoms with Crippen molar-refractivity contribution in [2.45, 2.75) is 26.2 Å². The van der Waals surface area contributed by atoms with E-state index >= 15 is 0 Å². The SMILES string of the molecule is CNCCc1cc(C(C)C)on1. The quantitative estimate of drug-likeness (QED) is 0.741. The van der Waals surface area contributed by atoms with Crippen molar-refractivity contribution in [2.24, 2.45) is 0 Å². The Morgan fingerprint density at radius 2 is 2.33 bits per heavy atom. The first kappa shape index (κ1) is 9.26. The van der Waals surface area contributed by atoms with Gasteiger partial charge in [-0.05, 0) is 7.05 Å². The van der Waals surface area contributed by atoms with Crippen molar-refractivity contribution in [2.75, 3.05) is 13.6 Å². The second-order valence-corrected chi connectivity index (χ2v) is 3.23. The van der Waals surface area contributed by atoms with E-state index in [0.717, 1.165) is 24.4 Å². The molecule has 1 heterocycles. The minimum absolute atomic E-state index is 0.431. The summed E-state index contributed by atoms with van der Waals surface area (Å²) < 4.78 is 5.15.